The number of hydrogen-bond donors (Lipinski definition) is 0. The number of likely N-dealkylation sites (tertiary alicyclic amines) is 1. The molecule has 0 aromatic heterocycles. The second-order valence-electron chi connectivity index (χ2n) is 6.38. The van der Waals surface area contributed by atoms with Gasteiger partial charge in [0.1, 0.15) is 15.8 Å². The highest BCUT2D eigenvalue weighted by molar-refractivity contribution is 7.80. The molecule has 3 nitrogen and oxygen atoms in total. The van der Waals surface area contributed by atoms with E-state index in [1.807, 2.05) is 6.92 Å². The lowest BCUT2D eigenvalue weighted by molar-refractivity contribution is 0.245. The van der Waals surface area contributed by atoms with Crippen LogP contribution in [0.3, 0.4) is 0 Å². The van der Waals surface area contributed by atoms with Crippen molar-refractivity contribution in [3.8, 4) is 11.5 Å². The van der Waals surface area contributed by atoms with E-state index in [-0.39, 0.29) is 5.41 Å². The van der Waals surface area contributed by atoms with Gasteiger partial charge in [0.2, 0.25) is 0 Å². The molecule has 1 aliphatic carbocycles. The van der Waals surface area contributed by atoms with Gasteiger partial charge in [0, 0.05) is 24.6 Å². The quantitative estimate of drug-likeness (QED) is 0.525. The molecular formula is C16H18Cl3NO2S. The fourth-order valence-corrected chi connectivity index (χ4v) is 3.71. The van der Waals surface area contributed by atoms with Crippen molar-refractivity contribution >= 4 is 52.2 Å². The van der Waals surface area contributed by atoms with E-state index < -0.39 is 4.33 Å². The zero-order chi connectivity index (χ0) is 16.7. The van der Waals surface area contributed by atoms with Gasteiger partial charge in [-0.2, -0.15) is 0 Å². The fourth-order valence-electron chi connectivity index (χ4n) is 2.56. The monoisotopic (exact) mass is 393 g/mol. The minimum atomic E-state index is -0.717. The number of benzene rings is 1. The normalized spacial score (nSPS) is 25.3. The Hall–Kier alpha value is -0.420. The van der Waals surface area contributed by atoms with Gasteiger partial charge in [0.05, 0.1) is 11.6 Å². The maximum absolute atomic E-state index is 6.19. The molecule has 0 spiro atoms. The lowest BCUT2D eigenvalue weighted by Crippen LogP contribution is -2.30. The van der Waals surface area contributed by atoms with Gasteiger partial charge < -0.3 is 14.4 Å². The zero-order valence-corrected chi connectivity index (χ0v) is 15.9. The lowest BCUT2D eigenvalue weighted by Gasteiger charge is -2.19. The Labute approximate surface area is 156 Å². The van der Waals surface area contributed by atoms with Crippen LogP contribution in [0.4, 0.5) is 0 Å². The fraction of sp³-hybridized carbons (Fsp3) is 0.562. The van der Waals surface area contributed by atoms with Crippen LogP contribution in [0.25, 0.3) is 0 Å². The molecule has 1 atom stereocenters. The molecule has 3 rings (SSSR count). The molecule has 0 bridgehead atoms. The maximum atomic E-state index is 6.19. The second kappa shape index (κ2) is 6.47. The van der Waals surface area contributed by atoms with Crippen molar-refractivity contribution in [3.63, 3.8) is 0 Å². The number of hydrogen-bond acceptors (Lipinski definition) is 3. The Morgan fingerprint density at radius 3 is 2.57 bits per heavy atom. The van der Waals surface area contributed by atoms with Crippen molar-refractivity contribution in [1.29, 1.82) is 0 Å². The summed E-state index contributed by atoms with van der Waals surface area (Å²) >= 11 is 23.8. The van der Waals surface area contributed by atoms with Gasteiger partial charge in [-0.25, -0.2) is 0 Å². The summed E-state index contributed by atoms with van der Waals surface area (Å²) in [5.74, 6) is 1.16. The van der Waals surface area contributed by atoms with Gasteiger partial charge >= 0.3 is 0 Å². The number of thiocarbonyl (C=S) groups is 1. The third kappa shape index (κ3) is 3.81. The summed E-state index contributed by atoms with van der Waals surface area (Å²) in [6.45, 7) is 4.28. The first-order chi connectivity index (χ1) is 10.8. The van der Waals surface area contributed by atoms with Crippen LogP contribution >= 0.6 is 47.0 Å². The summed E-state index contributed by atoms with van der Waals surface area (Å²) in [6.07, 6.45) is 3.00. The molecule has 0 amide bonds. The van der Waals surface area contributed by atoms with Crippen LogP contribution in [0.2, 0.25) is 5.02 Å². The number of ether oxygens (including phenoxy) is 2. The average Bonchev–Trinajstić information content (AvgIpc) is 2.87. The predicted molar refractivity (Wildman–Crippen MR) is 98.1 cm³/mol. The smallest absolute Gasteiger partial charge is 0.264 e. The van der Waals surface area contributed by atoms with E-state index >= 15 is 0 Å². The molecule has 1 aliphatic heterocycles. The largest absolute Gasteiger partial charge is 0.491 e. The van der Waals surface area contributed by atoms with E-state index in [1.54, 1.807) is 18.2 Å². The first kappa shape index (κ1) is 17.4. The first-order valence-electron chi connectivity index (χ1n) is 7.58. The summed E-state index contributed by atoms with van der Waals surface area (Å²) in [4.78, 5) is 2.06. The van der Waals surface area contributed by atoms with Gasteiger partial charge in [-0.05, 0) is 43.6 Å². The van der Waals surface area contributed by atoms with Crippen LogP contribution in [0, 0.1) is 5.41 Å². The van der Waals surface area contributed by atoms with Gasteiger partial charge in [-0.3, -0.25) is 0 Å². The maximum Gasteiger partial charge on any atom is 0.264 e. The van der Waals surface area contributed by atoms with Crippen molar-refractivity contribution in [2.24, 2.45) is 5.41 Å². The molecule has 7 heteroatoms. The predicted octanol–water partition coefficient (Wildman–Crippen LogP) is 5.06. The molecule has 0 N–H and O–H groups in total. The second-order valence-corrected chi connectivity index (χ2v) is 8.63. The highest BCUT2D eigenvalue weighted by atomic mass is 35.5. The van der Waals surface area contributed by atoms with Gasteiger partial charge in [0.15, 0.2) is 0 Å². The zero-order valence-electron chi connectivity index (χ0n) is 12.8. The first-order valence-corrected chi connectivity index (χ1v) is 9.12. The Balaban J connectivity index is 1.63. The van der Waals surface area contributed by atoms with E-state index in [2.05, 4.69) is 4.90 Å². The Morgan fingerprint density at radius 2 is 1.96 bits per heavy atom. The molecule has 1 saturated carbocycles. The Bertz CT molecular complexity index is 619. The molecule has 1 aromatic carbocycles. The topological polar surface area (TPSA) is 21.7 Å². The van der Waals surface area contributed by atoms with Crippen LogP contribution in [-0.2, 0) is 0 Å². The molecule has 23 heavy (non-hydrogen) atoms. The van der Waals surface area contributed by atoms with Crippen LogP contribution in [-0.4, -0.2) is 34.1 Å². The van der Waals surface area contributed by atoms with Crippen molar-refractivity contribution in [3.05, 3.63) is 23.2 Å². The van der Waals surface area contributed by atoms with Crippen LogP contribution in [0.15, 0.2) is 18.2 Å². The minimum absolute atomic E-state index is 0.249. The molecule has 2 aliphatic rings. The number of rotatable bonds is 4. The van der Waals surface area contributed by atoms with Crippen LogP contribution < -0.4 is 9.47 Å². The van der Waals surface area contributed by atoms with Gasteiger partial charge in [-0.15, -0.1) is 23.2 Å². The standard InChI is InChI=1S/C16H18Cl3NO2S/c1-15(9-16(15,18)19)10-21-13-8-11(4-5-12(13)17)22-14(23)20-6-2-3-7-20/h4-5,8H,2-3,6-7,9-10H2,1H3. The number of halogens is 3. The average molecular weight is 395 g/mol. The lowest BCUT2D eigenvalue weighted by atomic mass is 10.2. The number of alkyl halides is 2. The molecule has 0 radical (unpaired) electrons. The van der Waals surface area contributed by atoms with E-state index in [0.717, 1.165) is 25.9 Å². The Kier molecular flexibility index (Phi) is 4.90. The highest BCUT2D eigenvalue weighted by Gasteiger charge is 2.63. The van der Waals surface area contributed by atoms with Crippen molar-refractivity contribution in [2.45, 2.75) is 30.5 Å². The van der Waals surface area contributed by atoms with E-state index in [4.69, 9.17) is 56.5 Å². The van der Waals surface area contributed by atoms with Crippen LogP contribution in [0.1, 0.15) is 26.2 Å². The Morgan fingerprint density at radius 1 is 1.30 bits per heavy atom. The molecule has 1 unspecified atom stereocenters. The van der Waals surface area contributed by atoms with E-state index in [0.29, 0.717) is 34.7 Å². The molecule has 2 fully saturated rings. The molecule has 126 valence electrons. The summed E-state index contributed by atoms with van der Waals surface area (Å²) in [5, 5.41) is 1.01. The molecule has 1 aromatic rings. The van der Waals surface area contributed by atoms with Crippen molar-refractivity contribution in [1.82, 2.24) is 4.90 Å². The summed E-state index contributed by atoms with van der Waals surface area (Å²) < 4.78 is 10.8. The third-order valence-electron chi connectivity index (χ3n) is 4.39. The van der Waals surface area contributed by atoms with Gasteiger partial charge in [-0.1, -0.05) is 18.5 Å². The molecular weight excluding hydrogens is 377 g/mol. The van der Waals surface area contributed by atoms with Crippen molar-refractivity contribution < 1.29 is 9.47 Å². The SMILES string of the molecule is CC1(COc2cc(OC(=S)N3CCCC3)ccc2Cl)CC1(Cl)Cl. The summed E-state index contributed by atoms with van der Waals surface area (Å²) in [6, 6.07) is 5.27. The minimum Gasteiger partial charge on any atom is -0.491 e. The van der Waals surface area contributed by atoms with Crippen molar-refractivity contribution in [2.75, 3.05) is 19.7 Å². The molecule has 1 saturated heterocycles. The summed E-state index contributed by atoms with van der Waals surface area (Å²) in [5.41, 5.74) is -0.249. The van der Waals surface area contributed by atoms with E-state index in [1.165, 1.54) is 0 Å². The van der Waals surface area contributed by atoms with E-state index in [9.17, 15) is 0 Å². The van der Waals surface area contributed by atoms with Gasteiger partial charge in [0.25, 0.3) is 5.17 Å². The third-order valence-corrected chi connectivity index (χ3v) is 6.22. The highest BCUT2D eigenvalue weighted by Crippen LogP contribution is 2.63. The number of nitrogens with zero attached hydrogens (tertiary/aromatic N) is 1. The molecule has 1 heterocycles. The van der Waals surface area contributed by atoms with Crippen LogP contribution in [0.5, 0.6) is 11.5 Å². The summed E-state index contributed by atoms with van der Waals surface area (Å²) in [7, 11) is 0.